The lowest BCUT2D eigenvalue weighted by Crippen LogP contribution is -2.43. The molecule has 0 N–H and O–H groups in total. The highest BCUT2D eigenvalue weighted by Crippen LogP contribution is 2.44. The molecule has 3 fully saturated rings. The summed E-state index contributed by atoms with van der Waals surface area (Å²) in [5.41, 5.74) is -1.24. The van der Waals surface area contributed by atoms with E-state index in [0.29, 0.717) is 62.2 Å². The lowest BCUT2D eigenvalue weighted by molar-refractivity contribution is -0.251. The molecule has 0 unspecified atom stereocenters. The Kier molecular flexibility index (Phi) is 11.1. The van der Waals surface area contributed by atoms with E-state index in [0.717, 1.165) is 5.92 Å². The zero-order valence-corrected chi connectivity index (χ0v) is 25.8. The molecule has 2 aliphatic carbocycles. The van der Waals surface area contributed by atoms with Gasteiger partial charge in [-0.1, -0.05) is 57.0 Å². The Morgan fingerprint density at radius 2 is 1.32 bits per heavy atom. The van der Waals surface area contributed by atoms with Gasteiger partial charge in [0.1, 0.15) is 34.0 Å². The molecule has 0 amide bonds. The van der Waals surface area contributed by atoms with Crippen LogP contribution in [0.1, 0.15) is 84.0 Å². The van der Waals surface area contributed by atoms with Crippen LogP contribution in [0.15, 0.2) is 24.3 Å². The molecule has 0 spiro atoms. The van der Waals surface area contributed by atoms with Crippen molar-refractivity contribution < 1.29 is 40.6 Å². The van der Waals surface area contributed by atoms with E-state index < -0.39 is 63.5 Å². The first kappa shape index (κ1) is 33.4. The molecule has 0 atom stereocenters. The monoisotopic (exact) mass is 646 g/mol. The normalized spacial score (nSPS) is 28.2. The molecule has 244 valence electrons. The standard InChI is InChI=1S/C34H41ClF6O3/c1-2-3-4-5-20-6-8-21(9-7-20)24-18-42-33(43-19-24)22-10-12-25(13-11-22)34(40,41)44-26-16-27(36)31(28(37)17-26)23-14-29(38)32(35)30(39)15-23/h14-17,20-22,24-25,33H,2-13,18-19H2,1H3. The van der Waals surface area contributed by atoms with Gasteiger partial charge in [-0.05, 0) is 68.1 Å². The maximum Gasteiger partial charge on any atom is 0.400 e. The predicted molar refractivity (Wildman–Crippen MR) is 157 cm³/mol. The lowest BCUT2D eigenvalue weighted by atomic mass is 9.74. The van der Waals surface area contributed by atoms with Crippen molar-refractivity contribution in [1.29, 1.82) is 0 Å². The van der Waals surface area contributed by atoms with Crippen LogP contribution >= 0.6 is 11.6 Å². The Morgan fingerprint density at radius 3 is 1.89 bits per heavy atom. The zero-order chi connectivity index (χ0) is 31.4. The number of ether oxygens (including phenoxy) is 3. The molecule has 2 aromatic carbocycles. The average molecular weight is 647 g/mol. The molecule has 1 heterocycles. The zero-order valence-electron chi connectivity index (χ0n) is 25.0. The number of rotatable bonds is 10. The molecule has 2 aromatic rings. The molecule has 5 rings (SSSR count). The first-order valence-corrected chi connectivity index (χ1v) is 16.4. The molecule has 3 aliphatic rings. The van der Waals surface area contributed by atoms with Crippen LogP contribution < -0.4 is 4.74 Å². The third kappa shape index (κ3) is 7.87. The van der Waals surface area contributed by atoms with Gasteiger partial charge in [-0.3, -0.25) is 0 Å². The molecule has 0 bridgehead atoms. The van der Waals surface area contributed by atoms with E-state index in [1.54, 1.807) is 0 Å². The maximum atomic E-state index is 15.1. The second-order valence-electron chi connectivity index (χ2n) is 12.9. The maximum absolute atomic E-state index is 15.1. The molecule has 2 saturated carbocycles. The van der Waals surface area contributed by atoms with Gasteiger partial charge in [-0.2, -0.15) is 8.78 Å². The van der Waals surface area contributed by atoms with Crippen molar-refractivity contribution in [2.24, 2.45) is 29.6 Å². The Balaban J connectivity index is 1.10. The lowest BCUT2D eigenvalue weighted by Gasteiger charge is -2.41. The molecule has 0 radical (unpaired) electrons. The third-order valence-electron chi connectivity index (χ3n) is 9.90. The van der Waals surface area contributed by atoms with Gasteiger partial charge < -0.3 is 14.2 Å². The van der Waals surface area contributed by atoms with Crippen LogP contribution in [0.5, 0.6) is 5.75 Å². The van der Waals surface area contributed by atoms with Crippen LogP contribution in [0.2, 0.25) is 5.02 Å². The van der Waals surface area contributed by atoms with Gasteiger partial charge in [-0.25, -0.2) is 17.6 Å². The summed E-state index contributed by atoms with van der Waals surface area (Å²) < 4.78 is 105. The van der Waals surface area contributed by atoms with Crippen LogP contribution in [-0.2, 0) is 9.47 Å². The Bertz CT molecular complexity index is 1210. The van der Waals surface area contributed by atoms with Crippen molar-refractivity contribution in [2.45, 2.75) is 96.4 Å². The van der Waals surface area contributed by atoms with Crippen LogP contribution in [0.25, 0.3) is 11.1 Å². The molecule has 10 heteroatoms. The van der Waals surface area contributed by atoms with Gasteiger partial charge in [0, 0.05) is 24.0 Å². The number of hydrogen-bond acceptors (Lipinski definition) is 3. The van der Waals surface area contributed by atoms with Crippen molar-refractivity contribution in [3.8, 4) is 16.9 Å². The van der Waals surface area contributed by atoms with Gasteiger partial charge in [0.15, 0.2) is 6.29 Å². The summed E-state index contributed by atoms with van der Waals surface area (Å²) >= 11 is 5.44. The number of unbranched alkanes of at least 4 members (excludes halogenated alkanes) is 2. The number of benzene rings is 2. The van der Waals surface area contributed by atoms with Gasteiger partial charge in [-0.15, -0.1) is 0 Å². The van der Waals surface area contributed by atoms with E-state index in [2.05, 4.69) is 6.92 Å². The quantitative estimate of drug-likeness (QED) is 0.146. The molecule has 1 saturated heterocycles. The molecule has 0 aromatic heterocycles. The third-order valence-corrected chi connectivity index (χ3v) is 10.3. The topological polar surface area (TPSA) is 27.7 Å². The Hall–Kier alpha value is -1.97. The highest BCUT2D eigenvalue weighted by molar-refractivity contribution is 6.31. The minimum Gasteiger partial charge on any atom is -0.432 e. The van der Waals surface area contributed by atoms with E-state index in [-0.39, 0.29) is 18.8 Å². The van der Waals surface area contributed by atoms with E-state index in [9.17, 15) is 17.6 Å². The first-order chi connectivity index (χ1) is 21.1. The summed E-state index contributed by atoms with van der Waals surface area (Å²) in [6.07, 6.45) is 7.31. The predicted octanol–water partition coefficient (Wildman–Crippen LogP) is 10.7. The largest absolute Gasteiger partial charge is 0.432 e. The summed E-state index contributed by atoms with van der Waals surface area (Å²) in [5.74, 6) is -5.06. The molecule has 44 heavy (non-hydrogen) atoms. The van der Waals surface area contributed by atoms with Crippen LogP contribution in [0, 0.1) is 52.9 Å². The van der Waals surface area contributed by atoms with Crippen molar-refractivity contribution in [2.75, 3.05) is 13.2 Å². The Morgan fingerprint density at radius 1 is 0.750 bits per heavy atom. The summed E-state index contributed by atoms with van der Waals surface area (Å²) in [4.78, 5) is 0. The van der Waals surface area contributed by atoms with Gasteiger partial charge in [0.25, 0.3) is 0 Å². The summed E-state index contributed by atoms with van der Waals surface area (Å²) in [7, 11) is 0. The second-order valence-corrected chi connectivity index (χ2v) is 13.2. The average Bonchev–Trinajstić information content (AvgIpc) is 3.00. The fourth-order valence-electron chi connectivity index (χ4n) is 7.26. The highest BCUT2D eigenvalue weighted by atomic mass is 35.5. The SMILES string of the molecule is CCCCCC1CCC(C2COC(C3CCC(C(F)(F)Oc4cc(F)c(-c5cc(F)c(Cl)c(F)c5)c(F)c4)CC3)OC2)CC1. The number of halogens is 7. The molecule has 3 nitrogen and oxygen atoms in total. The minimum absolute atomic E-state index is 0.00774. The molecule has 1 aliphatic heterocycles. The van der Waals surface area contributed by atoms with Gasteiger partial charge in [0.05, 0.1) is 24.7 Å². The van der Waals surface area contributed by atoms with E-state index in [1.807, 2.05) is 0 Å². The summed E-state index contributed by atoms with van der Waals surface area (Å²) in [5, 5.41) is -0.819. The fraction of sp³-hybridized carbons (Fsp3) is 0.647. The van der Waals surface area contributed by atoms with E-state index >= 15 is 8.78 Å². The van der Waals surface area contributed by atoms with E-state index in [4.69, 9.17) is 25.8 Å². The first-order valence-electron chi connectivity index (χ1n) is 16.0. The van der Waals surface area contributed by atoms with Crippen molar-refractivity contribution >= 4 is 11.6 Å². The summed E-state index contributed by atoms with van der Waals surface area (Å²) in [6.45, 7) is 3.51. The van der Waals surface area contributed by atoms with Gasteiger partial charge in [0.2, 0.25) is 0 Å². The van der Waals surface area contributed by atoms with Crippen molar-refractivity contribution in [1.82, 2.24) is 0 Å². The molecular weight excluding hydrogens is 606 g/mol. The van der Waals surface area contributed by atoms with Crippen LogP contribution in [0.4, 0.5) is 26.3 Å². The Labute approximate surface area is 260 Å². The summed E-state index contributed by atoms with van der Waals surface area (Å²) in [6, 6.07) is 2.50. The van der Waals surface area contributed by atoms with Gasteiger partial charge >= 0.3 is 6.11 Å². The van der Waals surface area contributed by atoms with E-state index in [1.165, 1.54) is 51.4 Å². The van der Waals surface area contributed by atoms with Crippen molar-refractivity contribution in [3.63, 3.8) is 0 Å². The fourth-order valence-corrected chi connectivity index (χ4v) is 7.37. The van der Waals surface area contributed by atoms with Crippen LogP contribution in [-0.4, -0.2) is 25.6 Å². The van der Waals surface area contributed by atoms with Crippen molar-refractivity contribution in [3.05, 3.63) is 52.6 Å². The minimum atomic E-state index is -3.68. The highest BCUT2D eigenvalue weighted by Gasteiger charge is 2.46. The molecular formula is C34H41ClF6O3. The van der Waals surface area contributed by atoms with Crippen LogP contribution in [0.3, 0.4) is 0 Å². The number of alkyl halides is 2. The number of hydrogen-bond donors (Lipinski definition) is 0. The smallest absolute Gasteiger partial charge is 0.400 e. The second kappa shape index (κ2) is 14.6.